The maximum atomic E-state index is 13.1. The van der Waals surface area contributed by atoms with Crippen molar-refractivity contribution in [2.75, 3.05) is 19.0 Å². The number of ether oxygens (including phenoxy) is 1. The van der Waals surface area contributed by atoms with E-state index in [4.69, 9.17) is 4.74 Å². The zero-order valence-corrected chi connectivity index (χ0v) is 12.3. The number of hydrogen-bond acceptors (Lipinski definition) is 3. The molecule has 122 valence electrons. The molecule has 0 saturated carbocycles. The second-order valence-electron chi connectivity index (χ2n) is 4.72. The molecule has 2 aromatic carbocycles. The second kappa shape index (κ2) is 7.55. The largest absolute Gasteiger partial charge is 0.495 e. The fraction of sp³-hybridized carbons (Fsp3) is 0.188. The van der Waals surface area contributed by atoms with Crippen LogP contribution in [0.3, 0.4) is 0 Å². The van der Waals surface area contributed by atoms with Gasteiger partial charge in [-0.25, -0.2) is 13.6 Å². The van der Waals surface area contributed by atoms with Gasteiger partial charge in [-0.3, -0.25) is 0 Å². The molecule has 0 saturated heterocycles. The molecule has 0 spiro atoms. The number of para-hydroxylation sites is 2. The Morgan fingerprint density at radius 1 is 1.22 bits per heavy atom. The van der Waals surface area contributed by atoms with Crippen molar-refractivity contribution in [3.8, 4) is 5.75 Å². The molecule has 23 heavy (non-hydrogen) atoms. The van der Waals surface area contributed by atoms with E-state index in [9.17, 15) is 18.7 Å². The molecule has 0 bridgehead atoms. The molecule has 0 unspecified atom stereocenters. The van der Waals surface area contributed by atoms with Gasteiger partial charge >= 0.3 is 6.03 Å². The average molecular weight is 322 g/mol. The lowest BCUT2D eigenvalue weighted by molar-refractivity contribution is 0.174. The topological polar surface area (TPSA) is 70.6 Å². The maximum Gasteiger partial charge on any atom is 0.319 e. The van der Waals surface area contributed by atoms with E-state index in [0.29, 0.717) is 11.4 Å². The molecule has 0 aliphatic rings. The summed E-state index contributed by atoms with van der Waals surface area (Å²) >= 11 is 0. The fourth-order valence-electron chi connectivity index (χ4n) is 1.94. The number of urea groups is 1. The molecular formula is C16H16F2N2O3. The van der Waals surface area contributed by atoms with Gasteiger partial charge in [0, 0.05) is 6.54 Å². The minimum absolute atomic E-state index is 0.161. The minimum Gasteiger partial charge on any atom is -0.495 e. The molecule has 2 rings (SSSR count). The summed E-state index contributed by atoms with van der Waals surface area (Å²) in [6, 6.07) is 9.33. The average Bonchev–Trinajstić information content (AvgIpc) is 2.55. The number of benzene rings is 2. The van der Waals surface area contributed by atoms with Crippen LogP contribution in [0.2, 0.25) is 0 Å². The molecule has 0 aliphatic heterocycles. The highest BCUT2D eigenvalue weighted by molar-refractivity contribution is 5.90. The van der Waals surface area contributed by atoms with Gasteiger partial charge in [0.05, 0.1) is 18.9 Å². The molecule has 0 aromatic heterocycles. The van der Waals surface area contributed by atoms with Gasteiger partial charge in [-0.15, -0.1) is 0 Å². The summed E-state index contributed by atoms with van der Waals surface area (Å²) < 4.78 is 31.0. The van der Waals surface area contributed by atoms with Crippen molar-refractivity contribution in [2.24, 2.45) is 0 Å². The van der Waals surface area contributed by atoms with Crippen molar-refractivity contribution in [3.05, 3.63) is 59.7 Å². The molecule has 0 heterocycles. The Morgan fingerprint density at radius 2 is 1.96 bits per heavy atom. The number of rotatable bonds is 5. The van der Waals surface area contributed by atoms with Crippen LogP contribution in [0.25, 0.3) is 0 Å². The lowest BCUT2D eigenvalue weighted by Crippen LogP contribution is -2.32. The Labute approximate surface area is 131 Å². The Balaban J connectivity index is 1.92. The number of nitrogens with one attached hydrogen (secondary N) is 2. The van der Waals surface area contributed by atoms with Gasteiger partial charge in [0.2, 0.25) is 0 Å². The Bertz CT molecular complexity index is 695. The first-order chi connectivity index (χ1) is 11.0. The minimum atomic E-state index is -1.16. The summed E-state index contributed by atoms with van der Waals surface area (Å²) in [5.41, 5.74) is 0.635. The summed E-state index contributed by atoms with van der Waals surface area (Å²) in [5.74, 6) is -1.56. The van der Waals surface area contributed by atoms with Gasteiger partial charge in [-0.05, 0) is 29.8 Å². The first-order valence-electron chi connectivity index (χ1n) is 6.82. The maximum absolute atomic E-state index is 13.1. The van der Waals surface area contributed by atoms with Gasteiger partial charge in [0.15, 0.2) is 11.6 Å². The van der Waals surface area contributed by atoms with Crippen LogP contribution < -0.4 is 15.4 Å². The summed E-state index contributed by atoms with van der Waals surface area (Å²) in [5, 5.41) is 14.9. The van der Waals surface area contributed by atoms with Crippen molar-refractivity contribution in [1.29, 1.82) is 0 Å². The Kier molecular flexibility index (Phi) is 5.48. The van der Waals surface area contributed by atoms with Crippen LogP contribution in [0.4, 0.5) is 19.3 Å². The molecule has 1 atom stereocenters. The molecule has 0 radical (unpaired) electrons. The first-order valence-corrected chi connectivity index (χ1v) is 6.82. The number of methoxy groups -OCH3 is 1. The van der Waals surface area contributed by atoms with Crippen LogP contribution in [0.15, 0.2) is 42.5 Å². The highest BCUT2D eigenvalue weighted by Crippen LogP contribution is 2.22. The molecule has 2 aromatic rings. The number of amides is 2. The van der Waals surface area contributed by atoms with Crippen molar-refractivity contribution in [2.45, 2.75) is 6.10 Å². The van der Waals surface area contributed by atoms with E-state index in [1.165, 1.54) is 13.2 Å². The molecule has 0 aliphatic carbocycles. The zero-order valence-electron chi connectivity index (χ0n) is 12.3. The normalized spacial score (nSPS) is 11.7. The first kappa shape index (κ1) is 16.7. The Morgan fingerprint density at radius 3 is 2.65 bits per heavy atom. The summed E-state index contributed by atoms with van der Waals surface area (Å²) in [4.78, 5) is 11.8. The van der Waals surface area contributed by atoms with Crippen LogP contribution in [0, 0.1) is 11.6 Å². The zero-order chi connectivity index (χ0) is 16.8. The third-order valence-corrected chi connectivity index (χ3v) is 3.14. The molecule has 2 amide bonds. The van der Waals surface area contributed by atoms with E-state index < -0.39 is 23.8 Å². The molecular weight excluding hydrogens is 306 g/mol. The van der Waals surface area contributed by atoms with Crippen molar-refractivity contribution in [1.82, 2.24) is 5.32 Å². The number of hydrogen-bond donors (Lipinski definition) is 3. The predicted molar refractivity (Wildman–Crippen MR) is 81.3 cm³/mol. The number of carbonyl (C=O) groups is 1. The Hall–Kier alpha value is -2.67. The lowest BCUT2D eigenvalue weighted by atomic mass is 10.1. The molecule has 5 nitrogen and oxygen atoms in total. The van der Waals surface area contributed by atoms with Crippen molar-refractivity contribution in [3.63, 3.8) is 0 Å². The van der Waals surface area contributed by atoms with E-state index in [0.717, 1.165) is 12.1 Å². The highest BCUT2D eigenvalue weighted by Gasteiger charge is 2.13. The van der Waals surface area contributed by atoms with Crippen LogP contribution in [0.5, 0.6) is 5.75 Å². The quantitative estimate of drug-likeness (QED) is 0.793. The number of aliphatic hydroxyl groups excluding tert-OH is 1. The van der Waals surface area contributed by atoms with Gasteiger partial charge in [-0.1, -0.05) is 18.2 Å². The van der Waals surface area contributed by atoms with Gasteiger partial charge in [-0.2, -0.15) is 0 Å². The number of anilines is 1. The SMILES string of the molecule is COc1ccccc1NC(=O)NC[C@H](O)c1ccc(F)c(F)c1. The van der Waals surface area contributed by atoms with Crippen molar-refractivity contribution >= 4 is 11.7 Å². The molecule has 3 N–H and O–H groups in total. The van der Waals surface area contributed by atoms with Crippen LogP contribution in [-0.2, 0) is 0 Å². The van der Waals surface area contributed by atoms with Crippen LogP contribution in [0.1, 0.15) is 11.7 Å². The predicted octanol–water partition coefficient (Wildman–Crippen LogP) is 2.83. The van der Waals surface area contributed by atoms with E-state index in [1.807, 2.05) is 0 Å². The van der Waals surface area contributed by atoms with E-state index in [2.05, 4.69) is 10.6 Å². The summed E-state index contributed by atoms with van der Waals surface area (Å²) in [7, 11) is 1.48. The van der Waals surface area contributed by atoms with E-state index in [-0.39, 0.29) is 12.1 Å². The number of carbonyl (C=O) groups excluding carboxylic acids is 1. The lowest BCUT2D eigenvalue weighted by Gasteiger charge is -2.14. The monoisotopic (exact) mass is 322 g/mol. The standard InChI is InChI=1S/C16H16F2N2O3/c1-23-15-5-3-2-4-13(15)20-16(22)19-9-14(21)10-6-7-11(17)12(18)8-10/h2-8,14,21H,9H2,1H3,(H2,19,20,22)/t14-/m0/s1. The highest BCUT2D eigenvalue weighted by atomic mass is 19.2. The van der Waals surface area contributed by atoms with E-state index in [1.54, 1.807) is 24.3 Å². The summed E-state index contributed by atoms with van der Waals surface area (Å²) in [6.45, 7) is -0.161. The second-order valence-corrected chi connectivity index (χ2v) is 4.72. The molecule has 0 fully saturated rings. The number of halogens is 2. The smallest absolute Gasteiger partial charge is 0.319 e. The van der Waals surface area contributed by atoms with Gasteiger partial charge < -0.3 is 20.5 Å². The van der Waals surface area contributed by atoms with Crippen LogP contribution >= 0.6 is 0 Å². The third kappa shape index (κ3) is 4.40. The van der Waals surface area contributed by atoms with Gasteiger partial charge in [0.25, 0.3) is 0 Å². The third-order valence-electron chi connectivity index (χ3n) is 3.14. The van der Waals surface area contributed by atoms with Crippen LogP contribution in [-0.4, -0.2) is 24.8 Å². The van der Waals surface area contributed by atoms with Crippen molar-refractivity contribution < 1.29 is 23.4 Å². The summed E-state index contributed by atoms with van der Waals surface area (Å²) in [6.07, 6.45) is -1.16. The fourth-order valence-corrected chi connectivity index (χ4v) is 1.94. The molecule has 7 heteroatoms. The van der Waals surface area contributed by atoms with Gasteiger partial charge in [0.1, 0.15) is 5.75 Å². The number of aliphatic hydroxyl groups is 1. The van der Waals surface area contributed by atoms with E-state index >= 15 is 0 Å².